The predicted molar refractivity (Wildman–Crippen MR) is 52.8 cm³/mol. The van der Waals surface area contributed by atoms with Gasteiger partial charge in [-0.05, 0) is 26.2 Å². The highest BCUT2D eigenvalue weighted by molar-refractivity contribution is 6.84. The minimum Gasteiger partial charge on any atom is -0.453 e. The average Bonchev–Trinajstić information content (AvgIpc) is 1.80. The molecule has 0 spiro atoms. The summed E-state index contributed by atoms with van der Waals surface area (Å²) in [7, 11) is -3.10. The van der Waals surface area contributed by atoms with E-state index in [0.717, 1.165) is 12.5 Å². The molecule has 12 heavy (non-hydrogen) atoms. The Bertz CT molecular complexity index is 143. The van der Waals surface area contributed by atoms with Gasteiger partial charge in [-0.3, -0.25) is 0 Å². The van der Waals surface area contributed by atoms with Crippen LogP contribution < -0.4 is 0 Å². The lowest BCUT2D eigenvalue weighted by molar-refractivity contribution is -0.0345. The van der Waals surface area contributed by atoms with E-state index in [4.69, 9.17) is 13.6 Å². The molecule has 1 fully saturated rings. The number of rotatable bonds is 0. The van der Waals surface area contributed by atoms with Crippen LogP contribution in [-0.2, 0) is 13.6 Å². The van der Waals surface area contributed by atoms with Gasteiger partial charge in [0.05, 0.1) is 12.5 Å². The SMILES string of the molecule is C[Si]1(C)COCOC[Si](C)(C)O1. The van der Waals surface area contributed by atoms with Gasteiger partial charge in [0.25, 0.3) is 0 Å². The van der Waals surface area contributed by atoms with Crippen LogP contribution >= 0.6 is 0 Å². The van der Waals surface area contributed by atoms with Gasteiger partial charge >= 0.3 is 0 Å². The molecule has 0 unspecified atom stereocenters. The molecule has 72 valence electrons. The van der Waals surface area contributed by atoms with Crippen LogP contribution in [0.2, 0.25) is 26.2 Å². The van der Waals surface area contributed by atoms with Crippen molar-refractivity contribution in [3.8, 4) is 0 Å². The van der Waals surface area contributed by atoms with Crippen LogP contribution in [0.15, 0.2) is 0 Å². The van der Waals surface area contributed by atoms with E-state index in [1.54, 1.807) is 0 Å². The lowest BCUT2D eigenvalue weighted by Gasteiger charge is -2.35. The molecule has 0 bridgehead atoms. The summed E-state index contributed by atoms with van der Waals surface area (Å²) in [5.74, 6) is 0. The highest BCUT2D eigenvalue weighted by Crippen LogP contribution is 2.17. The Morgan fingerprint density at radius 2 is 1.25 bits per heavy atom. The first-order valence-electron chi connectivity index (χ1n) is 4.27. The van der Waals surface area contributed by atoms with E-state index in [0.29, 0.717) is 6.79 Å². The first-order chi connectivity index (χ1) is 5.41. The minimum absolute atomic E-state index is 0.441. The Hall–Kier alpha value is 0.314. The van der Waals surface area contributed by atoms with E-state index in [1.807, 2.05) is 0 Å². The second-order valence-electron chi connectivity index (χ2n) is 4.44. The molecule has 0 aromatic heterocycles. The Morgan fingerprint density at radius 1 is 0.833 bits per heavy atom. The first kappa shape index (κ1) is 10.4. The van der Waals surface area contributed by atoms with Crippen molar-refractivity contribution in [1.82, 2.24) is 0 Å². The minimum atomic E-state index is -1.55. The summed E-state index contributed by atoms with van der Waals surface area (Å²) in [5, 5.41) is 0. The Kier molecular flexibility index (Phi) is 3.11. The van der Waals surface area contributed by atoms with Crippen LogP contribution in [0.4, 0.5) is 0 Å². The molecule has 5 heteroatoms. The molecule has 1 aliphatic heterocycles. The van der Waals surface area contributed by atoms with E-state index in [9.17, 15) is 0 Å². The molecule has 0 aromatic rings. The fraction of sp³-hybridized carbons (Fsp3) is 1.00. The topological polar surface area (TPSA) is 27.7 Å². The average molecular weight is 206 g/mol. The van der Waals surface area contributed by atoms with Gasteiger partial charge in [-0.1, -0.05) is 0 Å². The molecule has 0 aliphatic carbocycles. The summed E-state index contributed by atoms with van der Waals surface area (Å²) in [6.07, 6.45) is 1.51. The molecule has 0 amide bonds. The summed E-state index contributed by atoms with van der Waals surface area (Å²) >= 11 is 0. The summed E-state index contributed by atoms with van der Waals surface area (Å²) in [6, 6.07) is 0. The monoisotopic (exact) mass is 206 g/mol. The molecule has 0 N–H and O–H groups in total. The molecule has 1 rings (SSSR count). The van der Waals surface area contributed by atoms with Crippen LogP contribution in [0.5, 0.6) is 0 Å². The summed E-state index contributed by atoms with van der Waals surface area (Å²) < 4.78 is 16.7. The molecule has 0 saturated carbocycles. The lowest BCUT2D eigenvalue weighted by Crippen LogP contribution is -2.52. The van der Waals surface area contributed by atoms with Gasteiger partial charge in [0.15, 0.2) is 16.6 Å². The van der Waals surface area contributed by atoms with Crippen molar-refractivity contribution < 1.29 is 13.6 Å². The fourth-order valence-electron chi connectivity index (χ4n) is 1.44. The maximum Gasteiger partial charge on any atom is 0.199 e. The number of hydrogen-bond acceptors (Lipinski definition) is 3. The van der Waals surface area contributed by atoms with Gasteiger partial charge in [-0.15, -0.1) is 0 Å². The zero-order valence-corrected chi connectivity index (χ0v) is 10.3. The van der Waals surface area contributed by atoms with Gasteiger partial charge in [-0.2, -0.15) is 0 Å². The zero-order valence-electron chi connectivity index (χ0n) is 8.35. The third kappa shape index (κ3) is 3.36. The van der Waals surface area contributed by atoms with Crippen LogP contribution in [0.1, 0.15) is 0 Å². The molecule has 1 heterocycles. The Labute approximate surface area is 76.3 Å². The van der Waals surface area contributed by atoms with Crippen molar-refractivity contribution in [2.24, 2.45) is 0 Å². The molecule has 0 radical (unpaired) electrons. The molecule has 1 aliphatic rings. The van der Waals surface area contributed by atoms with E-state index in [1.165, 1.54) is 0 Å². The second-order valence-corrected chi connectivity index (χ2v) is 12.9. The van der Waals surface area contributed by atoms with Crippen LogP contribution in [-0.4, -0.2) is 35.9 Å². The first-order valence-corrected chi connectivity index (χ1v) is 10.5. The second kappa shape index (κ2) is 3.59. The van der Waals surface area contributed by atoms with E-state index < -0.39 is 16.6 Å². The quantitative estimate of drug-likeness (QED) is 0.562. The maximum absolute atomic E-state index is 6.09. The van der Waals surface area contributed by atoms with Gasteiger partial charge in [0.1, 0.15) is 6.79 Å². The maximum atomic E-state index is 6.09. The number of ether oxygens (including phenoxy) is 2. The normalized spacial score (nSPS) is 29.0. The van der Waals surface area contributed by atoms with E-state index >= 15 is 0 Å². The zero-order chi connectivity index (χ0) is 9.24. The van der Waals surface area contributed by atoms with Gasteiger partial charge in [0.2, 0.25) is 0 Å². The van der Waals surface area contributed by atoms with Gasteiger partial charge < -0.3 is 13.6 Å². The number of hydrogen-bond donors (Lipinski definition) is 0. The molecule has 0 aromatic carbocycles. The molecule has 1 saturated heterocycles. The highest BCUT2D eigenvalue weighted by Gasteiger charge is 2.35. The van der Waals surface area contributed by atoms with E-state index in [-0.39, 0.29) is 0 Å². The highest BCUT2D eigenvalue weighted by atomic mass is 28.4. The summed E-state index contributed by atoms with van der Waals surface area (Å²) in [4.78, 5) is 0. The predicted octanol–water partition coefficient (Wildman–Crippen LogP) is 1.50. The van der Waals surface area contributed by atoms with Crippen LogP contribution in [0, 0.1) is 0 Å². The van der Waals surface area contributed by atoms with Gasteiger partial charge in [-0.25, -0.2) is 0 Å². The van der Waals surface area contributed by atoms with Crippen LogP contribution in [0.3, 0.4) is 0 Å². The molecular formula is C7H18O3Si2. The third-order valence-corrected chi connectivity index (χ3v) is 7.84. The molecule has 3 nitrogen and oxygen atoms in total. The summed E-state index contributed by atoms with van der Waals surface area (Å²) in [6.45, 7) is 9.25. The van der Waals surface area contributed by atoms with Crippen molar-refractivity contribution in [3.63, 3.8) is 0 Å². The Balaban J connectivity index is 2.58. The van der Waals surface area contributed by atoms with Gasteiger partial charge in [0, 0.05) is 0 Å². The lowest BCUT2D eigenvalue weighted by atomic mass is 11.3. The van der Waals surface area contributed by atoms with Crippen molar-refractivity contribution in [2.45, 2.75) is 26.2 Å². The van der Waals surface area contributed by atoms with Crippen molar-refractivity contribution >= 4 is 16.6 Å². The fourth-order valence-corrected chi connectivity index (χ4v) is 9.05. The largest absolute Gasteiger partial charge is 0.453 e. The van der Waals surface area contributed by atoms with Crippen molar-refractivity contribution in [2.75, 3.05) is 19.3 Å². The van der Waals surface area contributed by atoms with E-state index in [2.05, 4.69) is 26.2 Å². The Morgan fingerprint density at radius 3 is 1.67 bits per heavy atom. The smallest absolute Gasteiger partial charge is 0.199 e. The van der Waals surface area contributed by atoms with Crippen molar-refractivity contribution in [1.29, 1.82) is 0 Å². The standard InChI is InChI=1S/C7H18O3Si2/c1-11(2)6-8-5-9-7-12(3,4)10-11/h5-7H2,1-4H3. The molecule has 0 atom stereocenters. The van der Waals surface area contributed by atoms with Crippen LogP contribution in [0.25, 0.3) is 0 Å². The summed E-state index contributed by atoms with van der Waals surface area (Å²) in [5.41, 5.74) is 0. The van der Waals surface area contributed by atoms with Crippen molar-refractivity contribution in [3.05, 3.63) is 0 Å². The molecular weight excluding hydrogens is 188 g/mol. The third-order valence-electron chi connectivity index (χ3n) is 1.62.